The number of nitrogens with zero attached hydrogens (tertiary/aromatic N) is 3. The van der Waals surface area contributed by atoms with E-state index in [4.69, 9.17) is 0 Å². The number of amides is 2. The average molecular weight is 443 g/mol. The third kappa shape index (κ3) is 4.48. The maximum atomic E-state index is 12.9. The first kappa shape index (κ1) is 20.7. The van der Waals surface area contributed by atoms with Gasteiger partial charge in [-0.25, -0.2) is 9.78 Å². The molecule has 0 aliphatic heterocycles. The van der Waals surface area contributed by atoms with Crippen molar-refractivity contribution >= 4 is 32.7 Å². The fourth-order valence-electron chi connectivity index (χ4n) is 3.00. The lowest BCUT2D eigenvalue weighted by Gasteiger charge is -2.09. The summed E-state index contributed by atoms with van der Waals surface area (Å²) < 4.78 is 39.5. The van der Waals surface area contributed by atoms with Gasteiger partial charge in [-0.05, 0) is 42.8 Å². The van der Waals surface area contributed by atoms with Crippen molar-refractivity contribution in [3.63, 3.8) is 0 Å². The SMILES string of the molecule is CCNC(=O)Nc1nc2cc(-c3cccnc3)cc(-c3ccc(C(F)(F)F)cn3)c2s1. The van der Waals surface area contributed by atoms with Crippen molar-refractivity contribution in [3.8, 4) is 22.4 Å². The predicted molar refractivity (Wildman–Crippen MR) is 114 cm³/mol. The van der Waals surface area contributed by atoms with Crippen LogP contribution in [0.2, 0.25) is 0 Å². The number of carbonyl (C=O) groups is 1. The lowest BCUT2D eigenvalue weighted by Crippen LogP contribution is -2.28. The topological polar surface area (TPSA) is 79.8 Å². The number of urea groups is 1. The van der Waals surface area contributed by atoms with E-state index in [9.17, 15) is 18.0 Å². The second kappa shape index (κ2) is 8.31. The number of halogens is 3. The molecule has 10 heteroatoms. The maximum absolute atomic E-state index is 12.9. The molecule has 0 saturated carbocycles. The van der Waals surface area contributed by atoms with Crippen molar-refractivity contribution in [2.75, 3.05) is 11.9 Å². The van der Waals surface area contributed by atoms with Gasteiger partial charge >= 0.3 is 12.2 Å². The number of pyridine rings is 2. The third-order valence-corrected chi connectivity index (χ3v) is 5.43. The molecular formula is C21H16F3N5OS. The lowest BCUT2D eigenvalue weighted by atomic mass is 10.0. The highest BCUT2D eigenvalue weighted by molar-refractivity contribution is 7.22. The van der Waals surface area contributed by atoms with Gasteiger partial charge < -0.3 is 5.32 Å². The largest absolute Gasteiger partial charge is 0.417 e. The number of thiazole rings is 1. The van der Waals surface area contributed by atoms with E-state index >= 15 is 0 Å². The highest BCUT2D eigenvalue weighted by Gasteiger charge is 2.30. The lowest BCUT2D eigenvalue weighted by molar-refractivity contribution is -0.137. The average Bonchev–Trinajstić information content (AvgIpc) is 3.15. The van der Waals surface area contributed by atoms with Crippen LogP contribution in [0.4, 0.5) is 23.1 Å². The van der Waals surface area contributed by atoms with Crippen LogP contribution in [0.5, 0.6) is 0 Å². The van der Waals surface area contributed by atoms with Gasteiger partial charge in [0.15, 0.2) is 5.13 Å². The number of nitrogens with one attached hydrogen (secondary N) is 2. The molecule has 31 heavy (non-hydrogen) atoms. The van der Waals surface area contributed by atoms with Crippen LogP contribution >= 0.6 is 11.3 Å². The Hall–Kier alpha value is -3.53. The van der Waals surface area contributed by atoms with Crippen LogP contribution < -0.4 is 10.6 Å². The molecule has 4 aromatic rings. The van der Waals surface area contributed by atoms with Gasteiger partial charge in [0.25, 0.3) is 0 Å². The van der Waals surface area contributed by atoms with Crippen LogP contribution in [0.15, 0.2) is 55.0 Å². The first-order chi connectivity index (χ1) is 14.8. The third-order valence-electron chi connectivity index (χ3n) is 4.41. The quantitative estimate of drug-likeness (QED) is 0.432. The molecule has 0 bridgehead atoms. The fraction of sp³-hybridized carbons (Fsp3) is 0.143. The minimum absolute atomic E-state index is 0.372. The molecule has 158 valence electrons. The molecule has 0 radical (unpaired) electrons. The summed E-state index contributed by atoms with van der Waals surface area (Å²) in [7, 11) is 0. The number of anilines is 1. The number of carbonyl (C=O) groups excluding carboxylic acids is 1. The zero-order valence-corrected chi connectivity index (χ0v) is 17.0. The number of benzene rings is 1. The Morgan fingerprint density at radius 2 is 1.97 bits per heavy atom. The molecule has 0 atom stereocenters. The molecule has 0 aliphatic rings. The molecule has 3 aromatic heterocycles. The van der Waals surface area contributed by atoms with Crippen molar-refractivity contribution in [2.24, 2.45) is 0 Å². The van der Waals surface area contributed by atoms with Crippen molar-refractivity contribution in [3.05, 3.63) is 60.6 Å². The van der Waals surface area contributed by atoms with E-state index in [2.05, 4.69) is 25.6 Å². The molecule has 6 nitrogen and oxygen atoms in total. The standard InChI is InChI=1S/C21H16F3N5OS/c1-2-26-19(30)29-20-28-17-9-13(12-4-3-7-25-10-12)8-15(18(17)31-20)16-6-5-14(11-27-16)21(22,23)24/h3-11H,2H2,1H3,(H2,26,28,29,30). The Labute approximate surface area is 179 Å². The van der Waals surface area contributed by atoms with Gasteiger partial charge in [-0.3, -0.25) is 15.3 Å². The van der Waals surface area contributed by atoms with Gasteiger partial charge in [-0.2, -0.15) is 13.2 Å². The number of aromatic nitrogens is 3. The van der Waals surface area contributed by atoms with Gasteiger partial charge in [-0.1, -0.05) is 17.4 Å². The van der Waals surface area contributed by atoms with Crippen molar-refractivity contribution in [2.45, 2.75) is 13.1 Å². The Balaban J connectivity index is 1.84. The van der Waals surface area contributed by atoms with Gasteiger partial charge in [-0.15, -0.1) is 0 Å². The van der Waals surface area contributed by atoms with Crippen LogP contribution in [0.25, 0.3) is 32.6 Å². The summed E-state index contributed by atoms with van der Waals surface area (Å²) in [6.07, 6.45) is -0.317. The van der Waals surface area contributed by atoms with E-state index in [0.29, 0.717) is 33.2 Å². The van der Waals surface area contributed by atoms with Crippen molar-refractivity contribution in [1.82, 2.24) is 20.3 Å². The second-order valence-corrected chi connectivity index (χ2v) is 7.55. The van der Waals surface area contributed by atoms with Crippen molar-refractivity contribution in [1.29, 1.82) is 0 Å². The monoisotopic (exact) mass is 443 g/mol. The number of fused-ring (bicyclic) bond motifs is 1. The van der Waals surface area contributed by atoms with Crippen LogP contribution in [-0.2, 0) is 6.18 Å². The van der Waals surface area contributed by atoms with Crippen molar-refractivity contribution < 1.29 is 18.0 Å². The Morgan fingerprint density at radius 3 is 2.61 bits per heavy atom. The Morgan fingerprint density at radius 1 is 1.13 bits per heavy atom. The highest BCUT2D eigenvalue weighted by Crippen LogP contribution is 2.38. The first-order valence-corrected chi connectivity index (χ1v) is 10.1. The molecule has 0 spiro atoms. The summed E-state index contributed by atoms with van der Waals surface area (Å²) in [4.78, 5) is 24.5. The molecular weight excluding hydrogens is 427 g/mol. The molecule has 1 aromatic carbocycles. The van der Waals surface area contributed by atoms with E-state index in [1.165, 1.54) is 17.4 Å². The molecule has 4 rings (SSSR count). The first-order valence-electron chi connectivity index (χ1n) is 9.28. The zero-order chi connectivity index (χ0) is 22.0. The molecule has 2 N–H and O–H groups in total. The van der Waals surface area contributed by atoms with E-state index in [1.807, 2.05) is 18.2 Å². The van der Waals surface area contributed by atoms with E-state index in [0.717, 1.165) is 23.4 Å². The van der Waals surface area contributed by atoms with Crippen LogP contribution in [-0.4, -0.2) is 27.5 Å². The van der Waals surface area contributed by atoms with Crippen LogP contribution in [0.1, 0.15) is 12.5 Å². The van der Waals surface area contributed by atoms with Gasteiger partial charge in [0.2, 0.25) is 0 Å². The summed E-state index contributed by atoms with van der Waals surface area (Å²) in [5.74, 6) is 0. The Kier molecular flexibility index (Phi) is 5.55. The van der Waals surface area contributed by atoms with E-state index in [1.54, 1.807) is 25.4 Å². The molecule has 0 saturated heterocycles. The molecule has 3 heterocycles. The molecule has 2 amide bonds. The maximum Gasteiger partial charge on any atom is 0.417 e. The molecule has 0 fully saturated rings. The number of hydrogen-bond acceptors (Lipinski definition) is 5. The summed E-state index contributed by atoms with van der Waals surface area (Å²) in [5, 5.41) is 5.68. The minimum atomic E-state index is -4.47. The smallest absolute Gasteiger partial charge is 0.338 e. The minimum Gasteiger partial charge on any atom is -0.338 e. The van der Waals surface area contributed by atoms with Crippen LogP contribution in [0, 0.1) is 0 Å². The normalized spacial score (nSPS) is 11.5. The van der Waals surface area contributed by atoms with E-state index in [-0.39, 0.29) is 6.03 Å². The van der Waals surface area contributed by atoms with Gasteiger partial charge in [0, 0.05) is 36.3 Å². The molecule has 0 aliphatic carbocycles. The van der Waals surface area contributed by atoms with Gasteiger partial charge in [0.1, 0.15) is 0 Å². The summed E-state index contributed by atoms with van der Waals surface area (Å²) in [6.45, 7) is 2.26. The summed E-state index contributed by atoms with van der Waals surface area (Å²) in [5.41, 5.74) is 2.37. The molecule has 0 unspecified atom stereocenters. The van der Waals surface area contributed by atoms with Crippen LogP contribution in [0.3, 0.4) is 0 Å². The summed E-state index contributed by atoms with van der Waals surface area (Å²) >= 11 is 1.23. The Bertz CT molecular complexity index is 1220. The predicted octanol–water partition coefficient (Wildman–Crippen LogP) is 5.58. The summed E-state index contributed by atoms with van der Waals surface area (Å²) in [6, 6.07) is 9.30. The van der Waals surface area contributed by atoms with E-state index < -0.39 is 11.7 Å². The fourth-order valence-corrected chi connectivity index (χ4v) is 3.96. The number of hydrogen-bond donors (Lipinski definition) is 2. The van der Waals surface area contributed by atoms with Gasteiger partial charge in [0.05, 0.1) is 21.5 Å². The zero-order valence-electron chi connectivity index (χ0n) is 16.2. The number of rotatable bonds is 4. The second-order valence-electron chi connectivity index (χ2n) is 6.55. The highest BCUT2D eigenvalue weighted by atomic mass is 32.1. The number of alkyl halides is 3.